The lowest BCUT2D eigenvalue weighted by atomic mass is 10.1. The molecule has 0 aliphatic rings. The quantitative estimate of drug-likeness (QED) is 0.705. The zero-order valence-corrected chi connectivity index (χ0v) is 15.3. The SMILES string of the molecule is CC(C)NC(=O)c1cc2c(-c3ccc(Cl)cc3Cl)nc(N)nc2s1. The van der Waals surface area contributed by atoms with Crippen molar-refractivity contribution in [2.24, 2.45) is 0 Å². The third kappa shape index (κ3) is 3.31. The summed E-state index contributed by atoms with van der Waals surface area (Å²) in [5.74, 6) is -0.0269. The lowest BCUT2D eigenvalue weighted by molar-refractivity contribution is 0.0947. The molecule has 0 aliphatic carbocycles. The van der Waals surface area contributed by atoms with Crippen molar-refractivity contribution in [3.63, 3.8) is 0 Å². The minimum atomic E-state index is -0.153. The highest BCUT2D eigenvalue weighted by atomic mass is 35.5. The number of aromatic nitrogens is 2. The van der Waals surface area contributed by atoms with Gasteiger partial charge in [-0.3, -0.25) is 4.79 Å². The molecule has 0 unspecified atom stereocenters. The lowest BCUT2D eigenvalue weighted by Crippen LogP contribution is -2.29. The fourth-order valence-corrected chi connectivity index (χ4v) is 3.71. The summed E-state index contributed by atoms with van der Waals surface area (Å²) in [6, 6.07) is 6.95. The van der Waals surface area contributed by atoms with Crippen LogP contribution in [0.1, 0.15) is 23.5 Å². The molecule has 1 aromatic carbocycles. The molecule has 24 heavy (non-hydrogen) atoms. The van der Waals surface area contributed by atoms with Crippen LogP contribution in [0.2, 0.25) is 10.0 Å². The number of nitrogens with zero attached hydrogens (tertiary/aromatic N) is 2. The lowest BCUT2D eigenvalue weighted by Gasteiger charge is -2.06. The van der Waals surface area contributed by atoms with E-state index in [2.05, 4.69) is 15.3 Å². The standard InChI is InChI=1S/C16H14Cl2N4OS/c1-7(2)20-14(23)12-6-10-13(21-16(19)22-15(10)24-12)9-4-3-8(17)5-11(9)18/h3-7H,1-2H3,(H,20,23)(H2,19,21,22). The Hall–Kier alpha value is -1.89. The number of amides is 1. The maximum absolute atomic E-state index is 12.2. The molecule has 0 bridgehead atoms. The first-order chi connectivity index (χ1) is 11.3. The van der Waals surface area contributed by atoms with Gasteiger partial charge in [0.25, 0.3) is 5.91 Å². The van der Waals surface area contributed by atoms with Gasteiger partial charge < -0.3 is 11.1 Å². The number of nitrogen functional groups attached to an aromatic ring is 1. The summed E-state index contributed by atoms with van der Waals surface area (Å²) in [5, 5.41) is 4.58. The van der Waals surface area contributed by atoms with Crippen molar-refractivity contribution in [1.82, 2.24) is 15.3 Å². The molecule has 0 spiro atoms. The molecular weight excluding hydrogens is 367 g/mol. The molecule has 0 saturated carbocycles. The summed E-state index contributed by atoms with van der Waals surface area (Å²) in [5.41, 5.74) is 7.09. The molecule has 0 fully saturated rings. The molecule has 3 aromatic rings. The van der Waals surface area contributed by atoms with Crippen LogP contribution in [0.25, 0.3) is 21.5 Å². The summed E-state index contributed by atoms with van der Waals surface area (Å²) in [6.45, 7) is 3.81. The molecule has 0 radical (unpaired) electrons. The minimum Gasteiger partial charge on any atom is -0.368 e. The van der Waals surface area contributed by atoms with Crippen LogP contribution in [0.3, 0.4) is 0 Å². The van der Waals surface area contributed by atoms with Gasteiger partial charge in [0.05, 0.1) is 15.6 Å². The predicted octanol–water partition coefficient (Wildman–Crippen LogP) is 4.39. The smallest absolute Gasteiger partial charge is 0.261 e. The van der Waals surface area contributed by atoms with Crippen molar-refractivity contribution in [3.8, 4) is 11.3 Å². The van der Waals surface area contributed by atoms with Crippen molar-refractivity contribution >= 4 is 56.6 Å². The van der Waals surface area contributed by atoms with Gasteiger partial charge in [-0.15, -0.1) is 11.3 Å². The molecule has 0 atom stereocenters. The first-order valence-electron chi connectivity index (χ1n) is 7.18. The van der Waals surface area contributed by atoms with Crippen LogP contribution in [-0.4, -0.2) is 21.9 Å². The number of fused-ring (bicyclic) bond motifs is 1. The fourth-order valence-electron chi connectivity index (χ4n) is 2.27. The Kier molecular flexibility index (Phi) is 4.62. The first-order valence-corrected chi connectivity index (χ1v) is 8.75. The molecule has 2 heterocycles. The Labute approximate surface area is 152 Å². The number of carbonyl (C=O) groups excluding carboxylic acids is 1. The zero-order valence-electron chi connectivity index (χ0n) is 12.9. The van der Waals surface area contributed by atoms with Gasteiger partial charge in [-0.1, -0.05) is 23.2 Å². The number of nitrogens with two attached hydrogens (primary N) is 1. The van der Waals surface area contributed by atoms with Crippen molar-refractivity contribution in [2.75, 3.05) is 5.73 Å². The van der Waals surface area contributed by atoms with Crippen LogP contribution in [0.15, 0.2) is 24.3 Å². The van der Waals surface area contributed by atoms with Crippen molar-refractivity contribution in [3.05, 3.63) is 39.2 Å². The topological polar surface area (TPSA) is 80.9 Å². The molecule has 0 aliphatic heterocycles. The average Bonchev–Trinajstić information content (AvgIpc) is 2.90. The number of nitrogens with one attached hydrogen (secondary N) is 1. The Balaban J connectivity index is 2.17. The molecule has 2 aromatic heterocycles. The molecule has 5 nitrogen and oxygen atoms in total. The summed E-state index contributed by atoms with van der Waals surface area (Å²) in [4.78, 5) is 22.0. The van der Waals surface area contributed by atoms with E-state index in [-0.39, 0.29) is 17.9 Å². The molecule has 3 rings (SSSR count). The van der Waals surface area contributed by atoms with Crippen LogP contribution in [0.4, 0.5) is 5.95 Å². The van der Waals surface area contributed by atoms with Crippen LogP contribution in [0, 0.1) is 0 Å². The number of thiophene rings is 1. The van der Waals surface area contributed by atoms with Gasteiger partial charge in [-0.05, 0) is 38.1 Å². The number of anilines is 1. The summed E-state index contributed by atoms with van der Waals surface area (Å²) in [6.07, 6.45) is 0. The average molecular weight is 381 g/mol. The Morgan fingerprint density at radius 2 is 2.00 bits per heavy atom. The van der Waals surface area contributed by atoms with Crippen LogP contribution in [-0.2, 0) is 0 Å². The molecule has 8 heteroatoms. The van der Waals surface area contributed by atoms with Crippen molar-refractivity contribution in [2.45, 2.75) is 19.9 Å². The van der Waals surface area contributed by atoms with Gasteiger partial charge in [0.1, 0.15) is 4.83 Å². The van der Waals surface area contributed by atoms with Crippen LogP contribution >= 0.6 is 34.5 Å². The number of hydrogen-bond acceptors (Lipinski definition) is 5. The van der Waals surface area contributed by atoms with E-state index in [9.17, 15) is 4.79 Å². The van der Waals surface area contributed by atoms with Crippen LogP contribution < -0.4 is 11.1 Å². The molecule has 0 saturated heterocycles. The normalized spacial score (nSPS) is 11.2. The summed E-state index contributed by atoms with van der Waals surface area (Å²) < 4.78 is 0. The van der Waals surface area contributed by atoms with Gasteiger partial charge in [0.15, 0.2) is 0 Å². The minimum absolute atomic E-state index is 0.0454. The Bertz CT molecular complexity index is 939. The Morgan fingerprint density at radius 1 is 1.25 bits per heavy atom. The van der Waals surface area contributed by atoms with Crippen LogP contribution in [0.5, 0.6) is 0 Å². The maximum atomic E-state index is 12.2. The number of hydrogen-bond donors (Lipinski definition) is 2. The number of halogens is 2. The maximum Gasteiger partial charge on any atom is 0.261 e. The predicted molar refractivity (Wildman–Crippen MR) is 99.9 cm³/mol. The van der Waals surface area contributed by atoms with E-state index in [0.717, 1.165) is 5.39 Å². The van der Waals surface area contributed by atoms with E-state index in [1.807, 2.05) is 13.8 Å². The van der Waals surface area contributed by atoms with Gasteiger partial charge in [-0.2, -0.15) is 0 Å². The molecule has 1 amide bonds. The summed E-state index contributed by atoms with van der Waals surface area (Å²) >= 11 is 13.5. The number of carbonyl (C=O) groups is 1. The number of rotatable bonds is 3. The first kappa shape index (κ1) is 17.0. The third-order valence-corrected chi connectivity index (χ3v) is 4.82. The second kappa shape index (κ2) is 6.55. The summed E-state index contributed by atoms with van der Waals surface area (Å²) in [7, 11) is 0. The van der Waals surface area contributed by atoms with E-state index in [1.165, 1.54) is 11.3 Å². The monoisotopic (exact) mass is 380 g/mol. The van der Waals surface area contributed by atoms with Gasteiger partial charge in [-0.25, -0.2) is 9.97 Å². The van der Waals surface area contributed by atoms with Crippen molar-refractivity contribution in [1.29, 1.82) is 0 Å². The van der Waals surface area contributed by atoms with E-state index in [0.29, 0.717) is 31.0 Å². The van der Waals surface area contributed by atoms with E-state index in [4.69, 9.17) is 28.9 Å². The largest absolute Gasteiger partial charge is 0.368 e. The third-order valence-electron chi connectivity index (χ3n) is 3.24. The van der Waals surface area contributed by atoms with E-state index in [1.54, 1.807) is 24.3 Å². The van der Waals surface area contributed by atoms with E-state index < -0.39 is 0 Å². The van der Waals surface area contributed by atoms with E-state index >= 15 is 0 Å². The highest BCUT2D eigenvalue weighted by molar-refractivity contribution is 7.20. The van der Waals surface area contributed by atoms with Gasteiger partial charge in [0, 0.05) is 22.0 Å². The van der Waals surface area contributed by atoms with Gasteiger partial charge in [0.2, 0.25) is 5.95 Å². The molecule has 3 N–H and O–H groups in total. The number of benzene rings is 1. The van der Waals surface area contributed by atoms with Crippen molar-refractivity contribution < 1.29 is 4.79 Å². The molecular formula is C16H14Cl2N4OS. The second-order valence-corrected chi connectivity index (χ2v) is 7.39. The highest BCUT2D eigenvalue weighted by Crippen LogP contribution is 2.36. The van der Waals surface area contributed by atoms with Gasteiger partial charge >= 0.3 is 0 Å². The highest BCUT2D eigenvalue weighted by Gasteiger charge is 2.18. The Morgan fingerprint density at radius 3 is 2.67 bits per heavy atom. The zero-order chi connectivity index (χ0) is 17.4. The fraction of sp³-hybridized carbons (Fsp3) is 0.188. The second-order valence-electron chi connectivity index (χ2n) is 5.51. The molecule has 124 valence electrons.